The van der Waals surface area contributed by atoms with Gasteiger partial charge in [0.25, 0.3) is 0 Å². The van der Waals surface area contributed by atoms with E-state index in [1.165, 1.54) is 0 Å². The Morgan fingerprint density at radius 3 is 2.21 bits per heavy atom. The van der Waals surface area contributed by atoms with Gasteiger partial charge < -0.3 is 19.9 Å². The molecular formula is C13H26N2O4. The average Bonchev–Trinajstić information content (AvgIpc) is 2.74. The van der Waals surface area contributed by atoms with Crippen LogP contribution in [-0.4, -0.2) is 40.9 Å². The number of amides is 1. The van der Waals surface area contributed by atoms with Crippen molar-refractivity contribution in [1.82, 2.24) is 10.6 Å². The van der Waals surface area contributed by atoms with Gasteiger partial charge in [-0.1, -0.05) is 0 Å². The van der Waals surface area contributed by atoms with Crippen molar-refractivity contribution < 1.29 is 19.4 Å². The summed E-state index contributed by atoms with van der Waals surface area (Å²) in [5, 5.41) is 15.3. The van der Waals surface area contributed by atoms with Crippen LogP contribution >= 0.6 is 0 Å². The third-order valence-electron chi connectivity index (χ3n) is 2.31. The first kappa shape index (κ1) is 16.2. The molecule has 19 heavy (non-hydrogen) atoms. The van der Waals surface area contributed by atoms with Crippen molar-refractivity contribution in [2.45, 2.75) is 77.7 Å². The molecule has 3 atom stereocenters. The molecule has 0 aromatic heterocycles. The van der Waals surface area contributed by atoms with E-state index in [9.17, 15) is 9.90 Å². The van der Waals surface area contributed by atoms with Gasteiger partial charge in [0.15, 0.2) is 0 Å². The number of aliphatic hydroxyl groups is 1. The van der Waals surface area contributed by atoms with Gasteiger partial charge in [-0.25, -0.2) is 4.79 Å². The van der Waals surface area contributed by atoms with Gasteiger partial charge in [0, 0.05) is 12.1 Å². The zero-order chi connectivity index (χ0) is 14.8. The standard InChI is InChI=1S/C13H26N2O4/c1-12(2,3)18-10(16)14-8-7-9(8)15-11(17)19-13(4,5)6/h8-10,14,16H,7H2,1-6H3,(H,15,17)/t8?,9-,10?/m1/s1. The maximum atomic E-state index is 11.5. The van der Waals surface area contributed by atoms with Crippen molar-refractivity contribution in [3.8, 4) is 0 Å². The van der Waals surface area contributed by atoms with Gasteiger partial charge in [-0.3, -0.25) is 5.32 Å². The van der Waals surface area contributed by atoms with E-state index in [2.05, 4.69) is 10.6 Å². The SMILES string of the molecule is CC(C)(C)OC(=O)N[C@@H]1CC1NC(O)OC(C)(C)C. The largest absolute Gasteiger partial charge is 0.444 e. The molecule has 0 spiro atoms. The smallest absolute Gasteiger partial charge is 0.407 e. The molecule has 1 rings (SSSR count). The summed E-state index contributed by atoms with van der Waals surface area (Å²) in [4.78, 5) is 11.5. The first-order valence-electron chi connectivity index (χ1n) is 6.58. The van der Waals surface area contributed by atoms with Crippen molar-refractivity contribution in [1.29, 1.82) is 0 Å². The van der Waals surface area contributed by atoms with Crippen molar-refractivity contribution >= 4 is 6.09 Å². The molecule has 1 aliphatic carbocycles. The van der Waals surface area contributed by atoms with Crippen LogP contribution in [0.15, 0.2) is 0 Å². The summed E-state index contributed by atoms with van der Waals surface area (Å²) in [6.07, 6.45) is -0.715. The van der Waals surface area contributed by atoms with Crippen LogP contribution in [0.3, 0.4) is 0 Å². The molecule has 0 aromatic carbocycles. The van der Waals surface area contributed by atoms with Gasteiger partial charge in [-0.2, -0.15) is 0 Å². The molecule has 1 fully saturated rings. The van der Waals surface area contributed by atoms with Gasteiger partial charge in [-0.15, -0.1) is 0 Å². The van der Waals surface area contributed by atoms with E-state index in [-0.39, 0.29) is 12.1 Å². The normalized spacial score (nSPS) is 24.8. The fourth-order valence-corrected chi connectivity index (χ4v) is 1.55. The third-order valence-corrected chi connectivity index (χ3v) is 2.31. The predicted octanol–water partition coefficient (Wildman–Crippen LogP) is 1.33. The minimum atomic E-state index is -1.03. The van der Waals surface area contributed by atoms with Gasteiger partial charge >= 0.3 is 6.09 Å². The molecule has 0 saturated heterocycles. The van der Waals surface area contributed by atoms with Gasteiger partial charge in [0.05, 0.1) is 5.60 Å². The molecule has 6 heteroatoms. The highest BCUT2D eigenvalue weighted by Gasteiger charge is 2.40. The molecule has 0 heterocycles. The van der Waals surface area contributed by atoms with Crippen LogP contribution in [0.2, 0.25) is 0 Å². The highest BCUT2D eigenvalue weighted by molar-refractivity contribution is 5.68. The first-order chi connectivity index (χ1) is 8.46. The fourth-order valence-electron chi connectivity index (χ4n) is 1.55. The second-order valence-electron chi connectivity index (χ2n) is 6.84. The number of carbonyl (C=O) groups is 1. The molecule has 0 bridgehead atoms. The van der Waals surface area contributed by atoms with Crippen LogP contribution in [0.4, 0.5) is 4.79 Å². The average molecular weight is 274 g/mol. The van der Waals surface area contributed by atoms with Crippen LogP contribution in [0, 0.1) is 0 Å². The summed E-state index contributed by atoms with van der Waals surface area (Å²) in [5.41, 5.74) is -0.924. The number of carbonyl (C=O) groups excluding carboxylic acids is 1. The van der Waals surface area contributed by atoms with Crippen LogP contribution < -0.4 is 10.6 Å². The second-order valence-corrected chi connectivity index (χ2v) is 6.84. The zero-order valence-corrected chi connectivity index (χ0v) is 12.6. The van der Waals surface area contributed by atoms with Gasteiger partial charge in [0.1, 0.15) is 5.60 Å². The number of nitrogens with one attached hydrogen (secondary N) is 2. The molecule has 1 saturated carbocycles. The van der Waals surface area contributed by atoms with E-state index in [1.807, 2.05) is 41.5 Å². The maximum Gasteiger partial charge on any atom is 0.407 e. The Morgan fingerprint density at radius 2 is 1.74 bits per heavy atom. The number of aliphatic hydroxyl groups excluding tert-OH is 1. The first-order valence-corrected chi connectivity index (χ1v) is 6.58. The summed E-state index contributed by atoms with van der Waals surface area (Å²) in [6, 6.07) is -0.00191. The monoisotopic (exact) mass is 274 g/mol. The number of rotatable bonds is 4. The van der Waals surface area contributed by atoms with Gasteiger partial charge in [-0.05, 0) is 48.0 Å². The van der Waals surface area contributed by atoms with Crippen LogP contribution in [0.5, 0.6) is 0 Å². The van der Waals surface area contributed by atoms with Crippen molar-refractivity contribution in [3.63, 3.8) is 0 Å². The van der Waals surface area contributed by atoms with E-state index in [0.717, 1.165) is 6.42 Å². The van der Waals surface area contributed by atoms with E-state index >= 15 is 0 Å². The Hall–Kier alpha value is -0.850. The Bertz CT molecular complexity index is 320. The third kappa shape index (κ3) is 7.34. The van der Waals surface area contributed by atoms with Crippen molar-refractivity contribution in [2.24, 2.45) is 0 Å². The minimum Gasteiger partial charge on any atom is -0.444 e. The van der Waals surface area contributed by atoms with E-state index in [4.69, 9.17) is 9.47 Å². The maximum absolute atomic E-state index is 11.5. The number of alkyl carbamates (subject to hydrolysis) is 1. The lowest BCUT2D eigenvalue weighted by Crippen LogP contribution is -2.42. The van der Waals surface area contributed by atoms with E-state index in [1.54, 1.807) is 0 Å². The lowest BCUT2D eigenvalue weighted by atomic mass is 10.2. The Balaban J connectivity index is 2.23. The number of hydrogen-bond donors (Lipinski definition) is 3. The molecule has 112 valence electrons. The Kier molecular flexibility index (Phi) is 4.81. The highest BCUT2D eigenvalue weighted by Crippen LogP contribution is 2.23. The minimum absolute atomic E-state index is 0.0184. The lowest BCUT2D eigenvalue weighted by molar-refractivity contribution is -0.182. The Morgan fingerprint density at radius 1 is 1.16 bits per heavy atom. The topological polar surface area (TPSA) is 79.8 Å². The zero-order valence-electron chi connectivity index (χ0n) is 12.6. The second kappa shape index (κ2) is 5.64. The molecule has 1 aliphatic rings. The molecule has 6 nitrogen and oxygen atoms in total. The van der Waals surface area contributed by atoms with Crippen molar-refractivity contribution in [3.05, 3.63) is 0 Å². The molecule has 2 unspecified atom stereocenters. The van der Waals surface area contributed by atoms with Crippen LogP contribution in [0.25, 0.3) is 0 Å². The quantitative estimate of drug-likeness (QED) is 0.674. The summed E-state index contributed by atoms with van der Waals surface area (Å²) < 4.78 is 10.5. The van der Waals surface area contributed by atoms with E-state index in [0.29, 0.717) is 0 Å². The fraction of sp³-hybridized carbons (Fsp3) is 0.923. The highest BCUT2D eigenvalue weighted by atomic mass is 16.6. The van der Waals surface area contributed by atoms with E-state index < -0.39 is 23.7 Å². The molecule has 0 radical (unpaired) electrons. The molecule has 1 amide bonds. The molecule has 0 aliphatic heterocycles. The Labute approximate surface area is 114 Å². The van der Waals surface area contributed by atoms with Crippen LogP contribution in [-0.2, 0) is 9.47 Å². The van der Waals surface area contributed by atoms with Crippen LogP contribution in [0.1, 0.15) is 48.0 Å². The van der Waals surface area contributed by atoms with Crippen molar-refractivity contribution in [2.75, 3.05) is 0 Å². The number of ether oxygens (including phenoxy) is 2. The summed E-state index contributed by atoms with van der Waals surface area (Å²) in [7, 11) is 0. The molecular weight excluding hydrogens is 248 g/mol. The molecule has 0 aromatic rings. The lowest BCUT2D eigenvalue weighted by Gasteiger charge is -2.24. The van der Waals surface area contributed by atoms with Gasteiger partial charge in [0.2, 0.25) is 6.41 Å². The summed E-state index contributed by atoms with van der Waals surface area (Å²) in [5.74, 6) is 0. The predicted molar refractivity (Wildman–Crippen MR) is 71.5 cm³/mol. The summed E-state index contributed by atoms with van der Waals surface area (Å²) in [6.45, 7) is 11.0. The summed E-state index contributed by atoms with van der Waals surface area (Å²) >= 11 is 0. The number of hydrogen-bond acceptors (Lipinski definition) is 5. The molecule has 3 N–H and O–H groups in total.